The molecule has 0 aliphatic rings. The van der Waals surface area contributed by atoms with E-state index < -0.39 is 0 Å². The molecule has 2 aromatic heterocycles. The van der Waals surface area contributed by atoms with Crippen molar-refractivity contribution >= 4 is 22.5 Å². The summed E-state index contributed by atoms with van der Waals surface area (Å²) in [7, 11) is 4.17. The lowest BCUT2D eigenvalue weighted by atomic mass is 9.97. The van der Waals surface area contributed by atoms with E-state index in [0.29, 0.717) is 16.6 Å². The van der Waals surface area contributed by atoms with Gasteiger partial charge in [-0.3, -0.25) is 4.98 Å². The van der Waals surface area contributed by atoms with Gasteiger partial charge < -0.3 is 9.88 Å². The molecule has 0 bridgehead atoms. The first-order chi connectivity index (χ1) is 14.5. The quantitative estimate of drug-likeness (QED) is 0.441. The third kappa shape index (κ3) is 3.95. The van der Waals surface area contributed by atoms with Crippen molar-refractivity contribution in [3.8, 4) is 28.3 Å². The highest BCUT2D eigenvalue weighted by Gasteiger charge is 2.18. The molecule has 0 saturated carbocycles. The van der Waals surface area contributed by atoms with Crippen molar-refractivity contribution in [3.63, 3.8) is 0 Å². The molecule has 30 heavy (non-hydrogen) atoms. The maximum Gasteiger partial charge on any atom is 0.0991 e. The zero-order valence-corrected chi connectivity index (χ0v) is 18.0. The summed E-state index contributed by atoms with van der Waals surface area (Å²) >= 11 is 6.20. The van der Waals surface area contributed by atoms with E-state index in [1.54, 1.807) is 0 Å². The van der Waals surface area contributed by atoms with E-state index in [9.17, 15) is 5.26 Å². The molecule has 150 valence electrons. The summed E-state index contributed by atoms with van der Waals surface area (Å²) < 4.78 is 0. The first kappa shape index (κ1) is 20.2. The molecule has 0 radical (unpaired) electrons. The van der Waals surface area contributed by atoms with E-state index in [1.807, 2.05) is 54.9 Å². The van der Waals surface area contributed by atoms with Crippen molar-refractivity contribution in [1.29, 1.82) is 5.26 Å². The summed E-state index contributed by atoms with van der Waals surface area (Å²) in [6, 6.07) is 18.3. The van der Waals surface area contributed by atoms with E-state index in [0.717, 1.165) is 45.3 Å². The molecule has 1 N–H and O–H groups in total. The van der Waals surface area contributed by atoms with Crippen LogP contribution in [-0.2, 0) is 6.42 Å². The van der Waals surface area contributed by atoms with Gasteiger partial charge in [0, 0.05) is 63.2 Å². The monoisotopic (exact) mass is 414 g/mol. The third-order valence-electron chi connectivity index (χ3n) is 5.57. The second kappa shape index (κ2) is 8.31. The number of halogens is 1. The number of aromatic amines is 1. The smallest absolute Gasteiger partial charge is 0.0991 e. The van der Waals surface area contributed by atoms with Crippen LogP contribution in [0.15, 0.2) is 60.9 Å². The summed E-state index contributed by atoms with van der Waals surface area (Å²) in [5.74, 6) is 0. The number of hydrogen-bond acceptors (Lipinski definition) is 3. The Morgan fingerprint density at radius 1 is 1.07 bits per heavy atom. The summed E-state index contributed by atoms with van der Waals surface area (Å²) in [4.78, 5) is 10.3. The number of likely N-dealkylation sites (N-methyl/N-ethyl adjacent to an activating group) is 1. The lowest BCUT2D eigenvalue weighted by Gasteiger charge is -2.20. The van der Waals surface area contributed by atoms with Crippen molar-refractivity contribution in [1.82, 2.24) is 14.9 Å². The van der Waals surface area contributed by atoms with Gasteiger partial charge in [-0.1, -0.05) is 23.7 Å². The van der Waals surface area contributed by atoms with E-state index in [4.69, 9.17) is 11.6 Å². The molecule has 0 aliphatic heterocycles. The standard InChI is InChI=1S/C25H23ClN4/c1-16(30(2)3)9-24-25(22-10-17(13-27)7-8-23(22)29-24)20-11-19(14-28-15-20)18-5-4-6-21(26)12-18/h4-8,10-12,14-16,29H,9H2,1-3H3. The van der Waals surface area contributed by atoms with E-state index in [-0.39, 0.29) is 0 Å². The van der Waals surface area contributed by atoms with Gasteiger partial charge in [-0.05, 0) is 63.0 Å². The van der Waals surface area contributed by atoms with Crippen molar-refractivity contribution < 1.29 is 0 Å². The number of fused-ring (bicyclic) bond motifs is 1. The second-order valence-electron chi connectivity index (χ2n) is 7.84. The van der Waals surface area contributed by atoms with Crippen LogP contribution in [-0.4, -0.2) is 35.0 Å². The predicted octanol–water partition coefficient (Wildman–Crippen LogP) is 5.91. The fourth-order valence-corrected chi connectivity index (χ4v) is 3.87. The Kier molecular flexibility index (Phi) is 5.59. The van der Waals surface area contributed by atoms with E-state index in [2.05, 4.69) is 48.0 Å². The van der Waals surface area contributed by atoms with Crippen molar-refractivity contribution in [3.05, 3.63) is 77.2 Å². The lowest BCUT2D eigenvalue weighted by Crippen LogP contribution is -2.26. The van der Waals surface area contributed by atoms with Gasteiger partial charge >= 0.3 is 0 Å². The highest BCUT2D eigenvalue weighted by atomic mass is 35.5. The zero-order valence-electron chi connectivity index (χ0n) is 17.3. The third-order valence-corrected chi connectivity index (χ3v) is 5.81. The molecule has 1 unspecified atom stereocenters. The molecule has 0 aliphatic carbocycles. The van der Waals surface area contributed by atoms with Crippen LogP contribution in [0.4, 0.5) is 0 Å². The topological polar surface area (TPSA) is 55.7 Å². The predicted molar refractivity (Wildman–Crippen MR) is 124 cm³/mol. The van der Waals surface area contributed by atoms with Gasteiger partial charge in [0.05, 0.1) is 11.6 Å². The first-order valence-corrected chi connectivity index (χ1v) is 10.3. The number of benzene rings is 2. The van der Waals surface area contributed by atoms with Crippen LogP contribution in [0, 0.1) is 11.3 Å². The minimum atomic E-state index is 0.358. The second-order valence-corrected chi connectivity index (χ2v) is 8.28. The molecule has 5 heteroatoms. The fourth-order valence-electron chi connectivity index (χ4n) is 3.68. The van der Waals surface area contributed by atoms with Crippen LogP contribution in [0.25, 0.3) is 33.2 Å². The van der Waals surface area contributed by atoms with Gasteiger partial charge in [-0.2, -0.15) is 5.26 Å². The van der Waals surface area contributed by atoms with Crippen LogP contribution < -0.4 is 0 Å². The van der Waals surface area contributed by atoms with Crippen LogP contribution >= 0.6 is 11.6 Å². The van der Waals surface area contributed by atoms with Gasteiger partial charge in [-0.25, -0.2) is 0 Å². The number of H-pyrrole nitrogens is 1. The molecule has 2 aromatic carbocycles. The number of rotatable bonds is 5. The Labute approximate surface area is 181 Å². The minimum absolute atomic E-state index is 0.358. The molecule has 2 heterocycles. The molecule has 4 nitrogen and oxygen atoms in total. The molecule has 4 aromatic rings. The first-order valence-electron chi connectivity index (χ1n) is 9.88. The van der Waals surface area contributed by atoms with Crippen molar-refractivity contribution in [2.45, 2.75) is 19.4 Å². The number of nitriles is 1. The summed E-state index contributed by atoms with van der Waals surface area (Å²) in [6.45, 7) is 2.20. The van der Waals surface area contributed by atoms with Crippen LogP contribution in [0.3, 0.4) is 0 Å². The number of aromatic nitrogens is 2. The SMILES string of the molecule is CC(Cc1[nH]c2ccc(C#N)cc2c1-c1cncc(-c2cccc(Cl)c2)c1)N(C)C. The Balaban J connectivity index is 1.90. The van der Waals surface area contributed by atoms with Crippen LogP contribution in [0.5, 0.6) is 0 Å². The van der Waals surface area contributed by atoms with Crippen molar-refractivity contribution in [2.75, 3.05) is 14.1 Å². The summed E-state index contributed by atoms with van der Waals surface area (Å²) in [5, 5.41) is 11.2. The summed E-state index contributed by atoms with van der Waals surface area (Å²) in [5.41, 5.74) is 6.98. The highest BCUT2D eigenvalue weighted by molar-refractivity contribution is 6.30. The minimum Gasteiger partial charge on any atom is -0.358 e. The van der Waals surface area contributed by atoms with Crippen LogP contribution in [0.1, 0.15) is 18.2 Å². The Morgan fingerprint density at radius 3 is 2.60 bits per heavy atom. The fraction of sp³-hybridized carbons (Fsp3) is 0.200. The van der Waals surface area contributed by atoms with E-state index >= 15 is 0 Å². The molecule has 0 amide bonds. The molecule has 0 spiro atoms. The number of nitrogens with zero attached hydrogens (tertiary/aromatic N) is 3. The van der Waals surface area contributed by atoms with Crippen LogP contribution in [0.2, 0.25) is 5.02 Å². The average Bonchev–Trinajstić information content (AvgIpc) is 3.10. The maximum atomic E-state index is 9.41. The van der Waals surface area contributed by atoms with Gasteiger partial charge in [0.2, 0.25) is 0 Å². The molecule has 4 rings (SSSR count). The van der Waals surface area contributed by atoms with E-state index in [1.165, 1.54) is 0 Å². The molecular weight excluding hydrogens is 392 g/mol. The molecule has 0 fully saturated rings. The number of hydrogen-bond donors (Lipinski definition) is 1. The van der Waals surface area contributed by atoms with Gasteiger partial charge in [0.25, 0.3) is 0 Å². The largest absolute Gasteiger partial charge is 0.358 e. The normalized spacial score (nSPS) is 12.3. The Bertz CT molecular complexity index is 1250. The highest BCUT2D eigenvalue weighted by Crippen LogP contribution is 2.35. The van der Waals surface area contributed by atoms with Gasteiger partial charge in [0.15, 0.2) is 0 Å². The summed E-state index contributed by atoms with van der Waals surface area (Å²) in [6.07, 6.45) is 4.60. The zero-order chi connectivity index (χ0) is 21.3. The molecule has 0 saturated heterocycles. The van der Waals surface area contributed by atoms with Gasteiger partial charge in [0.1, 0.15) is 0 Å². The average molecular weight is 415 g/mol. The van der Waals surface area contributed by atoms with Crippen molar-refractivity contribution in [2.24, 2.45) is 0 Å². The lowest BCUT2D eigenvalue weighted by molar-refractivity contribution is 0.311. The molecule has 1 atom stereocenters. The molecular formula is C25H23ClN4. The number of nitrogens with one attached hydrogen (secondary N) is 1. The van der Waals surface area contributed by atoms with Gasteiger partial charge in [-0.15, -0.1) is 0 Å². The Morgan fingerprint density at radius 2 is 1.87 bits per heavy atom. The maximum absolute atomic E-state index is 9.41. The Hall–Kier alpha value is -3.13. The number of pyridine rings is 1.